The lowest BCUT2D eigenvalue weighted by Crippen LogP contribution is -2.25. The van der Waals surface area contributed by atoms with E-state index >= 15 is 0 Å². The highest BCUT2D eigenvalue weighted by molar-refractivity contribution is 7.17. The van der Waals surface area contributed by atoms with E-state index < -0.39 is 0 Å². The van der Waals surface area contributed by atoms with Crippen molar-refractivity contribution in [2.45, 2.75) is 32.7 Å². The van der Waals surface area contributed by atoms with Gasteiger partial charge in [-0.1, -0.05) is 18.2 Å². The second-order valence-corrected chi connectivity index (χ2v) is 7.70. The molecule has 0 saturated carbocycles. The van der Waals surface area contributed by atoms with Crippen molar-refractivity contribution in [1.29, 1.82) is 0 Å². The summed E-state index contributed by atoms with van der Waals surface area (Å²) in [4.78, 5) is 26.8. The molecule has 2 N–H and O–H groups in total. The van der Waals surface area contributed by atoms with Gasteiger partial charge in [-0.25, -0.2) is 0 Å². The molecular formula is C21H20N2O3S. The van der Waals surface area contributed by atoms with Gasteiger partial charge in [-0.2, -0.15) is 0 Å². The van der Waals surface area contributed by atoms with Gasteiger partial charge in [-0.3, -0.25) is 9.59 Å². The third-order valence-corrected chi connectivity index (χ3v) is 5.98. The first-order chi connectivity index (χ1) is 13.1. The van der Waals surface area contributed by atoms with Crippen molar-refractivity contribution in [1.82, 2.24) is 5.32 Å². The third kappa shape index (κ3) is 3.53. The van der Waals surface area contributed by atoms with Crippen molar-refractivity contribution in [3.63, 3.8) is 0 Å². The van der Waals surface area contributed by atoms with E-state index in [0.717, 1.165) is 30.4 Å². The van der Waals surface area contributed by atoms with Gasteiger partial charge >= 0.3 is 0 Å². The molecule has 1 aliphatic carbocycles. The first kappa shape index (κ1) is 17.5. The number of anilines is 1. The van der Waals surface area contributed by atoms with Crippen LogP contribution in [0.2, 0.25) is 0 Å². The molecule has 27 heavy (non-hydrogen) atoms. The van der Waals surface area contributed by atoms with Crippen molar-refractivity contribution in [3.05, 3.63) is 75.6 Å². The summed E-state index contributed by atoms with van der Waals surface area (Å²) in [5.41, 5.74) is 3.19. The molecule has 0 fully saturated rings. The summed E-state index contributed by atoms with van der Waals surface area (Å²) < 4.78 is 5.28. The molecule has 1 aliphatic rings. The predicted octanol–water partition coefficient (Wildman–Crippen LogP) is 4.32. The Morgan fingerprint density at radius 3 is 2.74 bits per heavy atom. The van der Waals surface area contributed by atoms with Crippen LogP contribution in [0.4, 0.5) is 5.00 Å². The van der Waals surface area contributed by atoms with E-state index in [2.05, 4.69) is 10.6 Å². The van der Waals surface area contributed by atoms with E-state index in [4.69, 9.17) is 4.42 Å². The third-order valence-electron chi connectivity index (χ3n) is 4.77. The predicted molar refractivity (Wildman–Crippen MR) is 105 cm³/mol. The van der Waals surface area contributed by atoms with Crippen molar-refractivity contribution < 1.29 is 14.0 Å². The zero-order chi connectivity index (χ0) is 18.8. The number of thiophene rings is 1. The van der Waals surface area contributed by atoms with E-state index in [9.17, 15) is 9.59 Å². The number of fused-ring (bicyclic) bond motifs is 1. The van der Waals surface area contributed by atoms with Crippen LogP contribution in [0.25, 0.3) is 0 Å². The van der Waals surface area contributed by atoms with E-state index in [1.54, 1.807) is 18.4 Å². The Balaban J connectivity index is 1.58. The zero-order valence-corrected chi connectivity index (χ0v) is 15.8. The van der Waals surface area contributed by atoms with Crippen LogP contribution in [0.5, 0.6) is 0 Å². The Morgan fingerprint density at radius 2 is 1.96 bits per heavy atom. The number of nitrogens with one attached hydrogen (secondary N) is 2. The number of carbonyl (C=O) groups is 2. The molecule has 1 aromatic carbocycles. The summed E-state index contributed by atoms with van der Waals surface area (Å²) >= 11 is 1.51. The van der Waals surface area contributed by atoms with Crippen molar-refractivity contribution >= 4 is 28.2 Å². The summed E-state index contributed by atoms with van der Waals surface area (Å²) in [7, 11) is 0. The van der Waals surface area contributed by atoms with Crippen LogP contribution < -0.4 is 10.6 Å². The zero-order valence-electron chi connectivity index (χ0n) is 15.0. The summed E-state index contributed by atoms with van der Waals surface area (Å²) in [5.74, 6) is 0.333. The number of benzene rings is 1. The number of carbonyl (C=O) groups excluding carboxylic acids is 2. The first-order valence-electron chi connectivity index (χ1n) is 8.95. The molecule has 3 aromatic rings. The molecule has 0 atom stereocenters. The van der Waals surface area contributed by atoms with Gasteiger partial charge in [0.25, 0.3) is 11.8 Å². The molecule has 0 aliphatic heterocycles. The van der Waals surface area contributed by atoms with Gasteiger partial charge in [0.1, 0.15) is 10.8 Å². The van der Waals surface area contributed by atoms with E-state index in [0.29, 0.717) is 28.4 Å². The van der Waals surface area contributed by atoms with Crippen LogP contribution in [0.3, 0.4) is 0 Å². The van der Waals surface area contributed by atoms with Gasteiger partial charge in [0, 0.05) is 10.4 Å². The molecule has 0 bridgehead atoms. The number of rotatable bonds is 5. The van der Waals surface area contributed by atoms with Gasteiger partial charge in [0.15, 0.2) is 0 Å². The van der Waals surface area contributed by atoms with Crippen LogP contribution in [0.1, 0.15) is 48.9 Å². The topological polar surface area (TPSA) is 71.3 Å². The van der Waals surface area contributed by atoms with E-state index in [1.165, 1.54) is 16.2 Å². The van der Waals surface area contributed by atoms with Gasteiger partial charge in [-0.05, 0) is 55.5 Å². The van der Waals surface area contributed by atoms with Crippen LogP contribution in [-0.2, 0) is 19.4 Å². The number of hydrogen-bond acceptors (Lipinski definition) is 4. The van der Waals surface area contributed by atoms with E-state index in [-0.39, 0.29) is 11.8 Å². The van der Waals surface area contributed by atoms with Gasteiger partial charge < -0.3 is 15.1 Å². The molecule has 2 heterocycles. The normalized spacial score (nSPS) is 12.6. The fourth-order valence-electron chi connectivity index (χ4n) is 3.40. The highest BCUT2D eigenvalue weighted by Crippen LogP contribution is 2.39. The molecule has 138 valence electrons. The van der Waals surface area contributed by atoms with Crippen molar-refractivity contribution in [2.75, 3.05) is 5.32 Å². The van der Waals surface area contributed by atoms with E-state index in [1.807, 2.05) is 31.2 Å². The largest absolute Gasteiger partial charge is 0.467 e. The lowest BCUT2D eigenvalue weighted by Gasteiger charge is -2.10. The quantitative estimate of drug-likeness (QED) is 0.692. The smallest absolute Gasteiger partial charge is 0.256 e. The lowest BCUT2D eigenvalue weighted by atomic mass is 10.1. The van der Waals surface area contributed by atoms with Crippen molar-refractivity contribution in [3.8, 4) is 0 Å². The number of hydrogen-bond donors (Lipinski definition) is 2. The highest BCUT2D eigenvalue weighted by atomic mass is 32.1. The highest BCUT2D eigenvalue weighted by Gasteiger charge is 2.27. The minimum Gasteiger partial charge on any atom is -0.467 e. The maximum absolute atomic E-state index is 12.9. The second-order valence-electron chi connectivity index (χ2n) is 6.59. The van der Waals surface area contributed by atoms with Crippen LogP contribution in [0.15, 0.2) is 47.1 Å². The lowest BCUT2D eigenvalue weighted by molar-refractivity contribution is 0.0948. The minimum atomic E-state index is -0.187. The molecular weight excluding hydrogens is 360 g/mol. The average Bonchev–Trinajstić information content (AvgIpc) is 3.37. The van der Waals surface area contributed by atoms with Crippen LogP contribution in [0, 0.1) is 6.92 Å². The SMILES string of the molecule is Cc1ccccc1C(=O)Nc1sc2c(c1C(=O)NCc1ccco1)CCC2. The molecule has 0 spiro atoms. The molecule has 2 aromatic heterocycles. The Bertz CT molecular complexity index is 989. The first-order valence-corrected chi connectivity index (χ1v) is 9.77. The Labute approximate surface area is 161 Å². The van der Waals surface area contributed by atoms with Gasteiger partial charge in [-0.15, -0.1) is 11.3 Å². The standard InChI is InChI=1S/C21H20N2O3S/c1-13-6-2-3-8-15(13)19(24)23-21-18(16-9-4-10-17(16)27-21)20(25)22-12-14-7-5-11-26-14/h2-3,5-8,11H,4,9-10,12H2,1H3,(H,22,25)(H,23,24). The molecule has 0 unspecified atom stereocenters. The molecule has 2 amide bonds. The molecule has 0 radical (unpaired) electrons. The summed E-state index contributed by atoms with van der Waals surface area (Å²) in [5, 5.41) is 6.50. The maximum Gasteiger partial charge on any atom is 0.256 e. The van der Waals surface area contributed by atoms with Crippen molar-refractivity contribution in [2.24, 2.45) is 0 Å². The Morgan fingerprint density at radius 1 is 1.11 bits per heavy atom. The fourth-order valence-corrected chi connectivity index (χ4v) is 4.68. The average molecular weight is 380 g/mol. The molecule has 5 nitrogen and oxygen atoms in total. The van der Waals surface area contributed by atoms with Crippen LogP contribution in [-0.4, -0.2) is 11.8 Å². The van der Waals surface area contributed by atoms with Gasteiger partial charge in [0.05, 0.1) is 18.4 Å². The van der Waals surface area contributed by atoms with Gasteiger partial charge in [0.2, 0.25) is 0 Å². The number of amides is 2. The maximum atomic E-state index is 12.9. The summed E-state index contributed by atoms with van der Waals surface area (Å²) in [6.45, 7) is 2.22. The Kier molecular flexibility index (Phi) is 4.81. The minimum absolute atomic E-state index is 0.175. The monoisotopic (exact) mass is 380 g/mol. The molecule has 0 saturated heterocycles. The number of furan rings is 1. The molecule has 6 heteroatoms. The summed E-state index contributed by atoms with van der Waals surface area (Å²) in [6, 6.07) is 11.0. The summed E-state index contributed by atoms with van der Waals surface area (Å²) in [6.07, 6.45) is 4.46. The van der Waals surface area contributed by atoms with Crippen LogP contribution >= 0.6 is 11.3 Å². The second kappa shape index (κ2) is 7.40. The number of aryl methyl sites for hydroxylation is 2. The Hall–Kier alpha value is -2.86. The fraction of sp³-hybridized carbons (Fsp3) is 0.238. The molecule has 4 rings (SSSR count).